The van der Waals surface area contributed by atoms with Gasteiger partial charge in [0.05, 0.1) is 0 Å². The van der Waals surface area contributed by atoms with Crippen LogP contribution in [0.4, 0.5) is 0 Å². The highest BCUT2D eigenvalue weighted by atomic mass is 28.4. The normalized spacial score (nSPS) is 11.5. The van der Waals surface area contributed by atoms with E-state index in [4.69, 9.17) is 4.12 Å². The molecule has 0 radical (unpaired) electrons. The lowest BCUT2D eigenvalue weighted by Gasteiger charge is -2.34. The SMILES string of the molecule is C.C[Si](C)(CCCc1ccc(C(=O)c2ccccc2)cc1)O[Si](C)(C)CCCc1ccc(C(=O)c2ccccc2)cc1. The van der Waals surface area contributed by atoms with Gasteiger partial charge in [-0.15, -0.1) is 0 Å². The number of hydrogen-bond acceptors (Lipinski definition) is 3. The zero-order valence-electron chi connectivity index (χ0n) is 24.9. The zero-order chi connectivity index (χ0) is 29.3. The average Bonchev–Trinajstić information content (AvgIpc) is 2.97. The van der Waals surface area contributed by atoms with E-state index in [1.165, 1.54) is 11.1 Å². The van der Waals surface area contributed by atoms with E-state index < -0.39 is 16.6 Å². The molecule has 0 amide bonds. The lowest BCUT2D eigenvalue weighted by atomic mass is 10.0. The molecule has 0 saturated heterocycles. The number of carbonyl (C=O) groups excluding carboxylic acids is 2. The van der Waals surface area contributed by atoms with Gasteiger partial charge >= 0.3 is 0 Å². The zero-order valence-corrected chi connectivity index (χ0v) is 26.9. The monoisotopic (exact) mass is 594 g/mol. The van der Waals surface area contributed by atoms with Crippen molar-refractivity contribution < 1.29 is 13.7 Å². The number of carbonyl (C=O) groups is 2. The van der Waals surface area contributed by atoms with Crippen LogP contribution in [-0.2, 0) is 17.0 Å². The number of ketones is 2. The van der Waals surface area contributed by atoms with E-state index in [9.17, 15) is 9.59 Å². The summed E-state index contributed by atoms with van der Waals surface area (Å²) in [7, 11) is -3.55. The first-order valence-electron chi connectivity index (χ1n) is 14.7. The van der Waals surface area contributed by atoms with Crippen molar-refractivity contribution in [3.05, 3.63) is 143 Å². The van der Waals surface area contributed by atoms with Gasteiger partial charge in [0.1, 0.15) is 0 Å². The molecule has 0 aromatic heterocycles. The van der Waals surface area contributed by atoms with Crippen LogP contribution < -0.4 is 0 Å². The highest BCUT2D eigenvalue weighted by Gasteiger charge is 2.32. The highest BCUT2D eigenvalue weighted by Crippen LogP contribution is 2.26. The molecule has 0 fully saturated rings. The van der Waals surface area contributed by atoms with Crippen molar-refractivity contribution in [3.8, 4) is 0 Å². The summed E-state index contributed by atoms with van der Waals surface area (Å²) in [6, 6.07) is 37.3. The summed E-state index contributed by atoms with van der Waals surface area (Å²) in [5, 5.41) is 0. The van der Waals surface area contributed by atoms with Gasteiger partial charge in [0.25, 0.3) is 0 Å². The van der Waals surface area contributed by atoms with E-state index in [-0.39, 0.29) is 19.0 Å². The molecular weight excluding hydrogens is 549 g/mol. The first-order valence-corrected chi connectivity index (χ1v) is 20.9. The fraction of sp³-hybridized carbons (Fsp3) is 0.297. The van der Waals surface area contributed by atoms with E-state index in [0.717, 1.165) is 60.0 Å². The summed E-state index contributed by atoms with van der Waals surface area (Å²) in [6.45, 7) is 9.41. The van der Waals surface area contributed by atoms with Crippen LogP contribution in [0.25, 0.3) is 0 Å². The third kappa shape index (κ3) is 9.86. The van der Waals surface area contributed by atoms with Crippen molar-refractivity contribution in [2.45, 2.75) is 71.4 Å². The maximum Gasteiger partial charge on any atom is 0.193 e. The Labute approximate surface area is 255 Å². The molecule has 0 unspecified atom stereocenters. The average molecular weight is 595 g/mol. The Morgan fingerprint density at radius 2 is 0.810 bits per heavy atom. The first-order chi connectivity index (χ1) is 19.6. The van der Waals surface area contributed by atoms with Crippen LogP contribution in [-0.4, -0.2) is 28.2 Å². The second-order valence-electron chi connectivity index (χ2n) is 12.1. The number of aryl methyl sites for hydroxylation is 2. The van der Waals surface area contributed by atoms with E-state index in [0.29, 0.717) is 0 Å². The Morgan fingerprint density at radius 3 is 1.14 bits per heavy atom. The molecule has 4 rings (SSSR count). The second-order valence-corrected chi connectivity index (χ2v) is 21.0. The molecule has 0 atom stereocenters. The molecule has 0 heterocycles. The lowest BCUT2D eigenvalue weighted by Crippen LogP contribution is -2.44. The van der Waals surface area contributed by atoms with Gasteiger partial charge in [-0.3, -0.25) is 9.59 Å². The Morgan fingerprint density at radius 1 is 0.500 bits per heavy atom. The summed E-state index contributed by atoms with van der Waals surface area (Å²) >= 11 is 0. The topological polar surface area (TPSA) is 43.4 Å². The van der Waals surface area contributed by atoms with E-state index in [1.807, 2.05) is 84.9 Å². The molecule has 5 heteroatoms. The Balaban J connectivity index is 0.00000484. The standard InChI is InChI=1S/C36H42O3Si2.CH4/c1-40(2,27-11-13-29-19-23-33(24-20-29)35(37)31-15-7-5-8-16-31)39-41(3,4)28-12-14-30-21-25-34(26-22-30)36(38)32-17-9-6-10-18-32;/h5-10,15-26H,11-14,27-28H2,1-4H3;1H4. The van der Waals surface area contributed by atoms with Crippen molar-refractivity contribution in [1.82, 2.24) is 0 Å². The van der Waals surface area contributed by atoms with Gasteiger partial charge in [0, 0.05) is 22.3 Å². The first kappa shape index (κ1) is 33.1. The Kier molecular flexibility index (Phi) is 12.0. The Hall–Kier alpha value is -3.39. The van der Waals surface area contributed by atoms with Gasteiger partial charge in [0.15, 0.2) is 28.2 Å². The number of hydrogen-bond donors (Lipinski definition) is 0. The summed E-state index contributed by atoms with van der Waals surface area (Å²) in [6.07, 6.45) is 4.21. The fourth-order valence-electron chi connectivity index (χ4n) is 5.44. The van der Waals surface area contributed by atoms with Gasteiger partial charge in [-0.2, -0.15) is 0 Å². The van der Waals surface area contributed by atoms with Crippen LogP contribution in [0.15, 0.2) is 109 Å². The van der Waals surface area contributed by atoms with E-state index in [1.54, 1.807) is 0 Å². The molecule has 0 saturated carbocycles. The summed E-state index contributed by atoms with van der Waals surface area (Å²) in [5.74, 6) is 0.142. The predicted octanol–water partition coefficient (Wildman–Crippen LogP) is 9.78. The van der Waals surface area contributed by atoms with Crippen LogP contribution in [0, 0.1) is 0 Å². The quantitative estimate of drug-likeness (QED) is 0.108. The molecule has 0 aliphatic heterocycles. The molecule has 0 aliphatic carbocycles. The predicted molar refractivity (Wildman–Crippen MR) is 182 cm³/mol. The molecule has 0 N–H and O–H groups in total. The minimum absolute atomic E-state index is 0. The molecule has 0 spiro atoms. The second kappa shape index (κ2) is 15.2. The third-order valence-electron chi connectivity index (χ3n) is 7.55. The van der Waals surface area contributed by atoms with Crippen LogP contribution in [0.2, 0.25) is 38.3 Å². The molecule has 4 aromatic rings. The van der Waals surface area contributed by atoms with Crippen molar-refractivity contribution in [2.75, 3.05) is 0 Å². The maximum atomic E-state index is 12.7. The molecule has 3 nitrogen and oxygen atoms in total. The van der Waals surface area contributed by atoms with Crippen LogP contribution in [0.1, 0.15) is 63.2 Å². The summed E-state index contributed by atoms with van der Waals surface area (Å²) in [4.78, 5) is 25.3. The van der Waals surface area contributed by atoms with Crippen LogP contribution in [0.3, 0.4) is 0 Å². The van der Waals surface area contributed by atoms with E-state index >= 15 is 0 Å². The minimum atomic E-state index is -1.78. The molecule has 0 bridgehead atoms. The lowest BCUT2D eigenvalue weighted by molar-refractivity contribution is 0.103. The summed E-state index contributed by atoms with van der Waals surface area (Å²) < 4.78 is 6.89. The van der Waals surface area contributed by atoms with E-state index in [2.05, 4.69) is 50.5 Å². The van der Waals surface area contributed by atoms with Gasteiger partial charge < -0.3 is 4.12 Å². The number of benzene rings is 4. The molecular formula is C37H46O3Si2. The highest BCUT2D eigenvalue weighted by molar-refractivity contribution is 6.84. The van der Waals surface area contributed by atoms with Crippen molar-refractivity contribution in [2.24, 2.45) is 0 Å². The van der Waals surface area contributed by atoms with Gasteiger partial charge in [-0.05, 0) is 75.1 Å². The van der Waals surface area contributed by atoms with Crippen LogP contribution in [0.5, 0.6) is 0 Å². The minimum Gasteiger partial charge on any atom is -0.455 e. The number of rotatable bonds is 14. The molecule has 4 aromatic carbocycles. The van der Waals surface area contributed by atoms with Crippen molar-refractivity contribution in [1.29, 1.82) is 0 Å². The third-order valence-corrected chi connectivity index (χ3v) is 15.1. The molecule has 220 valence electrons. The van der Waals surface area contributed by atoms with Gasteiger partial charge in [-0.1, -0.05) is 117 Å². The smallest absolute Gasteiger partial charge is 0.193 e. The molecule has 0 aliphatic rings. The molecule has 42 heavy (non-hydrogen) atoms. The van der Waals surface area contributed by atoms with Gasteiger partial charge in [0.2, 0.25) is 0 Å². The van der Waals surface area contributed by atoms with Crippen molar-refractivity contribution in [3.63, 3.8) is 0 Å². The fourth-order valence-corrected chi connectivity index (χ4v) is 14.3. The summed E-state index contributed by atoms with van der Waals surface area (Å²) in [5.41, 5.74) is 5.47. The van der Waals surface area contributed by atoms with Crippen LogP contribution >= 0.6 is 0 Å². The largest absolute Gasteiger partial charge is 0.455 e. The maximum absolute atomic E-state index is 12.7. The van der Waals surface area contributed by atoms with Crippen molar-refractivity contribution >= 4 is 28.2 Å². The van der Waals surface area contributed by atoms with Gasteiger partial charge in [-0.25, -0.2) is 0 Å². The Bertz CT molecular complexity index is 1300.